The summed E-state index contributed by atoms with van der Waals surface area (Å²) in [4.78, 5) is 13.5. The first-order chi connectivity index (χ1) is 9.49. The average molecular weight is 271 g/mol. The Morgan fingerprint density at radius 3 is 2.40 bits per heavy atom. The maximum absolute atomic E-state index is 11.4. The van der Waals surface area contributed by atoms with Crippen molar-refractivity contribution in [3.63, 3.8) is 0 Å². The monoisotopic (exact) mass is 271 g/mol. The molecular weight excluding hydrogens is 252 g/mol. The van der Waals surface area contributed by atoms with E-state index >= 15 is 0 Å². The molecule has 0 N–H and O–H groups in total. The van der Waals surface area contributed by atoms with E-state index in [1.807, 2.05) is 57.1 Å². The average Bonchev–Trinajstić information content (AvgIpc) is 2.44. The van der Waals surface area contributed by atoms with Gasteiger partial charge in [0.2, 0.25) is 12.2 Å². The molecule has 2 rings (SSSR count). The van der Waals surface area contributed by atoms with Crippen LogP contribution in [0, 0.1) is 4.91 Å². The quantitative estimate of drug-likeness (QED) is 0.620. The largest absolute Gasteiger partial charge is 0.378 e. The van der Waals surface area contributed by atoms with Crippen molar-refractivity contribution in [3.8, 4) is 0 Å². The van der Waals surface area contributed by atoms with Gasteiger partial charge in [-0.05, 0) is 31.2 Å². The van der Waals surface area contributed by atoms with Crippen LogP contribution in [-0.2, 0) is 0 Å². The SMILES string of the molecule is CC1=C(N=Nc2ccc(N(C)C)cc2)C=C[N+](=O)C1C. The number of azo groups is 1. The van der Waals surface area contributed by atoms with Crippen molar-refractivity contribution in [2.45, 2.75) is 19.9 Å². The van der Waals surface area contributed by atoms with Crippen molar-refractivity contribution in [3.05, 3.63) is 52.7 Å². The van der Waals surface area contributed by atoms with Gasteiger partial charge in [0.05, 0.1) is 11.4 Å². The molecule has 1 heterocycles. The van der Waals surface area contributed by atoms with Gasteiger partial charge in [-0.15, -0.1) is 0 Å². The van der Waals surface area contributed by atoms with Crippen molar-refractivity contribution < 1.29 is 4.76 Å². The number of nitroso groups, excluding NO2 is 1. The number of rotatable bonds is 3. The van der Waals surface area contributed by atoms with Gasteiger partial charge < -0.3 is 4.90 Å². The molecule has 0 saturated carbocycles. The Kier molecular flexibility index (Phi) is 4.08. The molecular formula is C15H19N4O+. The fraction of sp³-hybridized carbons (Fsp3) is 0.333. The van der Waals surface area contributed by atoms with E-state index in [0.29, 0.717) is 0 Å². The van der Waals surface area contributed by atoms with E-state index in [-0.39, 0.29) is 6.04 Å². The van der Waals surface area contributed by atoms with Gasteiger partial charge in [-0.3, -0.25) is 0 Å². The number of benzene rings is 1. The van der Waals surface area contributed by atoms with Gasteiger partial charge in [-0.25, -0.2) is 0 Å². The second kappa shape index (κ2) is 5.77. The number of allylic oxidation sites excluding steroid dienone is 1. The minimum atomic E-state index is -0.190. The van der Waals surface area contributed by atoms with Gasteiger partial charge in [0.1, 0.15) is 0 Å². The zero-order valence-corrected chi connectivity index (χ0v) is 12.2. The summed E-state index contributed by atoms with van der Waals surface area (Å²) in [6, 6.07) is 7.64. The lowest BCUT2D eigenvalue weighted by molar-refractivity contribution is -0.508. The Balaban J connectivity index is 2.17. The molecule has 0 aliphatic carbocycles. The lowest BCUT2D eigenvalue weighted by atomic mass is 10.1. The van der Waals surface area contributed by atoms with Crippen molar-refractivity contribution in [1.29, 1.82) is 0 Å². The van der Waals surface area contributed by atoms with Crippen molar-refractivity contribution in [2.24, 2.45) is 10.2 Å². The molecule has 0 amide bonds. The van der Waals surface area contributed by atoms with E-state index in [1.165, 1.54) is 6.20 Å². The molecule has 1 unspecified atom stereocenters. The normalized spacial score (nSPS) is 19.0. The molecule has 1 aliphatic rings. The summed E-state index contributed by atoms with van der Waals surface area (Å²) in [6.45, 7) is 3.76. The van der Waals surface area contributed by atoms with Crippen LogP contribution in [-0.4, -0.2) is 24.9 Å². The highest BCUT2D eigenvalue weighted by atomic mass is 16.3. The van der Waals surface area contributed by atoms with E-state index in [1.54, 1.807) is 6.08 Å². The van der Waals surface area contributed by atoms with Gasteiger partial charge >= 0.3 is 0 Å². The van der Waals surface area contributed by atoms with Gasteiger partial charge in [0.25, 0.3) is 0 Å². The van der Waals surface area contributed by atoms with Crippen LogP contribution in [0.5, 0.6) is 0 Å². The summed E-state index contributed by atoms with van der Waals surface area (Å²) < 4.78 is 0.917. The highest BCUT2D eigenvalue weighted by Crippen LogP contribution is 2.23. The molecule has 0 fully saturated rings. The smallest absolute Gasteiger partial charge is 0.228 e. The molecule has 1 atom stereocenters. The van der Waals surface area contributed by atoms with Crippen LogP contribution in [0.25, 0.3) is 0 Å². The van der Waals surface area contributed by atoms with E-state index in [4.69, 9.17) is 0 Å². The lowest BCUT2D eigenvalue weighted by Crippen LogP contribution is -2.20. The zero-order valence-electron chi connectivity index (χ0n) is 12.2. The third-order valence-electron chi connectivity index (χ3n) is 3.43. The first-order valence-electron chi connectivity index (χ1n) is 6.52. The number of hydrogen-bond donors (Lipinski definition) is 0. The summed E-state index contributed by atoms with van der Waals surface area (Å²) in [5, 5.41) is 8.45. The van der Waals surface area contributed by atoms with Crippen molar-refractivity contribution >= 4 is 11.4 Å². The molecule has 1 aliphatic heterocycles. The first-order valence-corrected chi connectivity index (χ1v) is 6.52. The molecule has 0 radical (unpaired) electrons. The third-order valence-corrected chi connectivity index (χ3v) is 3.43. The lowest BCUT2D eigenvalue weighted by Gasteiger charge is -2.11. The van der Waals surface area contributed by atoms with Gasteiger partial charge in [0.15, 0.2) is 0 Å². The minimum Gasteiger partial charge on any atom is -0.378 e. The summed E-state index contributed by atoms with van der Waals surface area (Å²) >= 11 is 0. The highest BCUT2D eigenvalue weighted by Gasteiger charge is 2.25. The number of anilines is 1. The fourth-order valence-electron chi connectivity index (χ4n) is 1.85. The summed E-state index contributed by atoms with van der Waals surface area (Å²) in [7, 11) is 3.99. The van der Waals surface area contributed by atoms with Crippen molar-refractivity contribution in [2.75, 3.05) is 19.0 Å². The second-order valence-corrected chi connectivity index (χ2v) is 5.03. The zero-order chi connectivity index (χ0) is 14.7. The molecule has 5 nitrogen and oxygen atoms in total. The molecule has 104 valence electrons. The first kappa shape index (κ1) is 14.1. The molecule has 1 aromatic carbocycles. The van der Waals surface area contributed by atoms with Crippen LogP contribution >= 0.6 is 0 Å². The Hall–Kier alpha value is -2.30. The standard InChI is InChI=1S/C15H19N4O/c1-11-12(2)19(20)10-9-15(11)17-16-13-5-7-14(8-6-13)18(3)4/h5-10,12H,1-4H3/q+1. The number of nitrogens with zero attached hydrogens (tertiary/aromatic N) is 4. The summed E-state index contributed by atoms with van der Waals surface area (Å²) in [5.41, 5.74) is 3.59. The number of hydrogen-bond acceptors (Lipinski definition) is 4. The predicted molar refractivity (Wildman–Crippen MR) is 80.2 cm³/mol. The van der Waals surface area contributed by atoms with Crippen molar-refractivity contribution in [1.82, 2.24) is 0 Å². The minimum absolute atomic E-state index is 0.190. The Bertz CT molecular complexity index is 597. The van der Waals surface area contributed by atoms with Crippen LogP contribution < -0.4 is 4.90 Å². The Labute approximate surface area is 118 Å². The van der Waals surface area contributed by atoms with Crippen LogP contribution in [0.1, 0.15) is 13.8 Å². The fourth-order valence-corrected chi connectivity index (χ4v) is 1.85. The molecule has 0 saturated heterocycles. The molecule has 20 heavy (non-hydrogen) atoms. The van der Waals surface area contributed by atoms with Crippen LogP contribution in [0.2, 0.25) is 0 Å². The molecule has 0 aromatic heterocycles. The van der Waals surface area contributed by atoms with E-state index < -0.39 is 0 Å². The van der Waals surface area contributed by atoms with Crippen LogP contribution in [0.3, 0.4) is 0 Å². The second-order valence-electron chi connectivity index (χ2n) is 5.03. The summed E-state index contributed by atoms with van der Waals surface area (Å²) in [5.74, 6) is 0. The topological polar surface area (TPSA) is 48.0 Å². The van der Waals surface area contributed by atoms with E-state index in [0.717, 1.165) is 27.4 Å². The van der Waals surface area contributed by atoms with Gasteiger partial charge in [-0.1, -0.05) is 0 Å². The van der Waals surface area contributed by atoms with Crippen LogP contribution in [0.4, 0.5) is 11.4 Å². The third kappa shape index (κ3) is 2.99. The van der Waals surface area contributed by atoms with Crippen LogP contribution in [0.15, 0.2) is 58.0 Å². The maximum atomic E-state index is 11.4. The highest BCUT2D eigenvalue weighted by molar-refractivity contribution is 5.51. The van der Waals surface area contributed by atoms with E-state index in [2.05, 4.69) is 10.2 Å². The Morgan fingerprint density at radius 1 is 1.15 bits per heavy atom. The summed E-state index contributed by atoms with van der Waals surface area (Å²) in [6.07, 6.45) is 3.18. The van der Waals surface area contributed by atoms with E-state index in [9.17, 15) is 4.91 Å². The van der Waals surface area contributed by atoms with Gasteiger partial charge in [0, 0.05) is 48.0 Å². The molecule has 1 aromatic rings. The maximum Gasteiger partial charge on any atom is 0.228 e. The predicted octanol–water partition coefficient (Wildman–Crippen LogP) is 3.81. The molecule has 5 heteroatoms. The molecule has 0 bridgehead atoms. The Morgan fingerprint density at radius 2 is 1.80 bits per heavy atom. The molecule has 0 spiro atoms. The van der Waals surface area contributed by atoms with Gasteiger partial charge in [-0.2, -0.15) is 10.2 Å².